The number of carbonyl (C=O) groups excluding carboxylic acids is 1. The molecule has 0 bridgehead atoms. The molecule has 84 valence electrons. The van der Waals surface area contributed by atoms with Gasteiger partial charge in [0.2, 0.25) is 0 Å². The summed E-state index contributed by atoms with van der Waals surface area (Å²) < 4.78 is 42.7. The molecule has 0 saturated carbocycles. The number of nitriles is 1. The van der Waals surface area contributed by atoms with Gasteiger partial charge in [-0.2, -0.15) is 5.26 Å². The number of halogens is 3. The molecule has 0 atom stereocenters. The number of carbonyl (C=O) groups is 1. The highest BCUT2D eigenvalue weighted by atomic mass is 19.3. The van der Waals surface area contributed by atoms with Gasteiger partial charge in [0.25, 0.3) is 6.43 Å². The molecule has 3 nitrogen and oxygen atoms in total. The van der Waals surface area contributed by atoms with E-state index >= 15 is 0 Å². The average molecular weight is 229 g/mol. The van der Waals surface area contributed by atoms with E-state index < -0.39 is 34.9 Å². The van der Waals surface area contributed by atoms with Crippen LogP contribution in [0.15, 0.2) is 12.1 Å². The second-order valence-electron chi connectivity index (χ2n) is 2.79. The topological polar surface area (TPSA) is 50.1 Å². The predicted molar refractivity (Wildman–Crippen MR) is 47.4 cm³/mol. The van der Waals surface area contributed by atoms with Gasteiger partial charge in [0.1, 0.15) is 6.07 Å². The van der Waals surface area contributed by atoms with E-state index in [0.717, 1.165) is 19.2 Å². The molecule has 6 heteroatoms. The molecule has 0 fully saturated rings. The molecule has 16 heavy (non-hydrogen) atoms. The molecule has 0 N–H and O–H groups in total. The molecule has 0 unspecified atom stereocenters. The number of nitrogens with zero attached hydrogens (tertiary/aromatic N) is 1. The van der Waals surface area contributed by atoms with Crippen molar-refractivity contribution in [1.29, 1.82) is 5.26 Å². The lowest BCUT2D eigenvalue weighted by atomic mass is 10.0. The van der Waals surface area contributed by atoms with E-state index in [0.29, 0.717) is 0 Å². The van der Waals surface area contributed by atoms with Crippen molar-refractivity contribution in [2.45, 2.75) is 6.43 Å². The summed E-state index contributed by atoms with van der Waals surface area (Å²) in [6.07, 6.45) is -3.19. The molecule has 0 aromatic heterocycles. The average Bonchev–Trinajstić information content (AvgIpc) is 2.26. The van der Waals surface area contributed by atoms with Crippen molar-refractivity contribution in [1.82, 2.24) is 0 Å². The van der Waals surface area contributed by atoms with Gasteiger partial charge < -0.3 is 4.74 Å². The second-order valence-corrected chi connectivity index (χ2v) is 2.79. The Morgan fingerprint density at radius 2 is 2.12 bits per heavy atom. The zero-order chi connectivity index (χ0) is 12.3. The zero-order valence-electron chi connectivity index (χ0n) is 8.13. The van der Waals surface area contributed by atoms with Gasteiger partial charge in [0.05, 0.1) is 23.8 Å². The largest absolute Gasteiger partial charge is 0.465 e. The Balaban J connectivity index is 3.48. The Labute approximate surface area is 89.1 Å². The fourth-order valence-electron chi connectivity index (χ4n) is 1.18. The van der Waals surface area contributed by atoms with Crippen LogP contribution in [0.4, 0.5) is 13.2 Å². The summed E-state index contributed by atoms with van der Waals surface area (Å²) in [5, 5.41) is 8.46. The Hall–Kier alpha value is -2.03. The van der Waals surface area contributed by atoms with Crippen molar-refractivity contribution in [2.24, 2.45) is 0 Å². The van der Waals surface area contributed by atoms with Crippen LogP contribution in [0.2, 0.25) is 0 Å². The van der Waals surface area contributed by atoms with E-state index in [9.17, 15) is 18.0 Å². The highest BCUT2D eigenvalue weighted by Crippen LogP contribution is 2.28. The van der Waals surface area contributed by atoms with Crippen LogP contribution in [0, 0.1) is 17.1 Å². The molecule has 0 amide bonds. The SMILES string of the molecule is COC(=O)c1ccc(C#N)c(F)c1C(F)F. The molecule has 1 rings (SSSR count). The van der Waals surface area contributed by atoms with Gasteiger partial charge >= 0.3 is 5.97 Å². The highest BCUT2D eigenvalue weighted by molar-refractivity contribution is 5.91. The molecule has 0 radical (unpaired) electrons. The van der Waals surface area contributed by atoms with Crippen LogP contribution in [0.25, 0.3) is 0 Å². The molecular weight excluding hydrogens is 223 g/mol. The molecule has 1 aromatic rings. The minimum atomic E-state index is -3.19. The number of hydrogen-bond acceptors (Lipinski definition) is 3. The maximum absolute atomic E-state index is 13.4. The van der Waals surface area contributed by atoms with Crippen molar-refractivity contribution in [3.8, 4) is 6.07 Å². The fraction of sp³-hybridized carbons (Fsp3) is 0.200. The van der Waals surface area contributed by atoms with E-state index in [4.69, 9.17) is 5.26 Å². The first kappa shape index (κ1) is 12.0. The normalized spacial score (nSPS) is 10.0. The Morgan fingerprint density at radius 3 is 2.56 bits per heavy atom. The van der Waals surface area contributed by atoms with E-state index in [1.165, 1.54) is 6.07 Å². The molecular formula is C10H6F3NO2. The Morgan fingerprint density at radius 1 is 1.50 bits per heavy atom. The summed E-state index contributed by atoms with van der Waals surface area (Å²) in [6.45, 7) is 0. The number of hydrogen-bond donors (Lipinski definition) is 0. The fourth-order valence-corrected chi connectivity index (χ4v) is 1.18. The van der Waals surface area contributed by atoms with Gasteiger partial charge in [0, 0.05) is 0 Å². The number of methoxy groups -OCH3 is 1. The lowest BCUT2D eigenvalue weighted by Crippen LogP contribution is -2.09. The van der Waals surface area contributed by atoms with Crippen LogP contribution in [0.3, 0.4) is 0 Å². The standard InChI is InChI=1S/C10H6F3NO2/c1-16-10(15)6-3-2-5(4-14)8(11)7(6)9(12)13/h2-3,9H,1H3. The van der Waals surface area contributed by atoms with Crippen molar-refractivity contribution < 1.29 is 22.7 Å². The summed E-state index contributed by atoms with van der Waals surface area (Å²) >= 11 is 0. The molecule has 0 spiro atoms. The first-order chi connectivity index (χ1) is 7.52. The first-order valence-electron chi connectivity index (χ1n) is 4.11. The number of benzene rings is 1. The van der Waals surface area contributed by atoms with Gasteiger partial charge in [-0.1, -0.05) is 0 Å². The van der Waals surface area contributed by atoms with Crippen molar-refractivity contribution in [3.63, 3.8) is 0 Å². The van der Waals surface area contributed by atoms with Gasteiger partial charge in [-0.3, -0.25) is 0 Å². The number of alkyl halides is 2. The van der Waals surface area contributed by atoms with E-state index in [-0.39, 0.29) is 0 Å². The molecule has 0 aliphatic carbocycles. The molecule has 0 aliphatic heterocycles. The molecule has 0 saturated heterocycles. The summed E-state index contributed by atoms with van der Waals surface area (Å²) in [5.41, 5.74) is -2.22. The first-order valence-corrected chi connectivity index (χ1v) is 4.11. The molecule has 1 aromatic carbocycles. The molecule has 0 aliphatic rings. The second kappa shape index (κ2) is 4.66. The maximum Gasteiger partial charge on any atom is 0.338 e. The van der Waals surface area contributed by atoms with Gasteiger partial charge in [0.15, 0.2) is 5.82 Å². The van der Waals surface area contributed by atoms with Crippen LogP contribution in [0.1, 0.15) is 27.9 Å². The lowest BCUT2D eigenvalue weighted by molar-refractivity contribution is 0.0587. The van der Waals surface area contributed by atoms with E-state index in [2.05, 4.69) is 4.74 Å². The minimum Gasteiger partial charge on any atom is -0.465 e. The van der Waals surface area contributed by atoms with Crippen LogP contribution in [-0.4, -0.2) is 13.1 Å². The third-order valence-electron chi connectivity index (χ3n) is 1.92. The van der Waals surface area contributed by atoms with Crippen LogP contribution in [-0.2, 0) is 4.74 Å². The Kier molecular flexibility index (Phi) is 3.51. The highest BCUT2D eigenvalue weighted by Gasteiger charge is 2.25. The van der Waals surface area contributed by atoms with Gasteiger partial charge in [-0.05, 0) is 12.1 Å². The summed E-state index contributed by atoms with van der Waals surface area (Å²) in [6, 6.07) is 3.31. The van der Waals surface area contributed by atoms with Crippen LogP contribution < -0.4 is 0 Å². The maximum atomic E-state index is 13.4. The van der Waals surface area contributed by atoms with Crippen LogP contribution >= 0.6 is 0 Å². The van der Waals surface area contributed by atoms with Gasteiger partial charge in [-0.15, -0.1) is 0 Å². The zero-order valence-corrected chi connectivity index (χ0v) is 8.13. The van der Waals surface area contributed by atoms with E-state index in [1.54, 1.807) is 0 Å². The van der Waals surface area contributed by atoms with Crippen LogP contribution in [0.5, 0.6) is 0 Å². The van der Waals surface area contributed by atoms with Crippen molar-refractivity contribution >= 4 is 5.97 Å². The van der Waals surface area contributed by atoms with Gasteiger partial charge in [-0.25, -0.2) is 18.0 Å². The number of ether oxygens (including phenoxy) is 1. The monoisotopic (exact) mass is 229 g/mol. The lowest BCUT2D eigenvalue weighted by Gasteiger charge is -2.08. The Bertz CT molecular complexity index is 466. The van der Waals surface area contributed by atoms with E-state index in [1.807, 2.05) is 0 Å². The molecule has 0 heterocycles. The van der Waals surface area contributed by atoms with Crippen molar-refractivity contribution in [3.05, 3.63) is 34.6 Å². The quantitative estimate of drug-likeness (QED) is 0.731. The smallest absolute Gasteiger partial charge is 0.338 e. The number of rotatable bonds is 2. The predicted octanol–water partition coefficient (Wildman–Crippen LogP) is 2.42. The minimum absolute atomic E-state index is 0.539. The summed E-state index contributed by atoms with van der Waals surface area (Å²) in [4.78, 5) is 11.1. The third kappa shape index (κ3) is 1.98. The number of esters is 1. The third-order valence-corrected chi connectivity index (χ3v) is 1.92. The summed E-state index contributed by atoms with van der Waals surface area (Å²) in [5.74, 6) is -2.46. The summed E-state index contributed by atoms with van der Waals surface area (Å²) in [7, 11) is 0.994. The van der Waals surface area contributed by atoms with Crippen molar-refractivity contribution in [2.75, 3.05) is 7.11 Å².